The molecule has 0 spiro atoms. The highest BCUT2D eigenvalue weighted by atomic mass is 127. The SMILES string of the molecule is CCCOC(=O)[C@@H](NP(=O)(OC[C@H]1O[C@@H](n2c(I)nc3c(OC)nc(N)nc32)[C@](C)(O)[C@@H]1O)Oc1cccc2ccccc12)c1ccccc1. The number of ether oxygens (including phenoxy) is 3. The summed E-state index contributed by atoms with van der Waals surface area (Å²) in [7, 11) is -3.11. The molecule has 3 heterocycles. The number of halogens is 1. The summed E-state index contributed by atoms with van der Waals surface area (Å²) >= 11 is 1.93. The summed E-state index contributed by atoms with van der Waals surface area (Å²) < 4.78 is 45.7. The van der Waals surface area contributed by atoms with Crippen LogP contribution in [0.1, 0.15) is 38.1 Å². The second-order valence-electron chi connectivity index (χ2n) is 11.7. The largest absolute Gasteiger partial charge is 0.479 e. The van der Waals surface area contributed by atoms with Crippen LogP contribution in [0.15, 0.2) is 72.8 Å². The molecule has 5 aromatic rings. The van der Waals surface area contributed by atoms with Gasteiger partial charge in [-0.3, -0.25) is 9.09 Å². The number of aliphatic hydroxyl groups excluding tert-OH is 1. The predicted molar refractivity (Wildman–Crippen MR) is 191 cm³/mol. The van der Waals surface area contributed by atoms with Crippen molar-refractivity contribution in [1.29, 1.82) is 0 Å². The van der Waals surface area contributed by atoms with Gasteiger partial charge in [-0.25, -0.2) is 14.3 Å². The van der Waals surface area contributed by atoms with E-state index >= 15 is 0 Å². The standard InChI is InChI=1S/C33H36IN6O9P/c1-4-17-46-29(42)24(20-12-6-5-7-13-20)39-50(44,49-22-16-10-14-19-11-8-9-15-21(19)22)47-18-23-26(41)33(2,43)30(48-23)40-27-25(36-31(40)34)28(45-3)38-32(35)37-27/h5-16,23-24,26,30,41,43H,4,17-18H2,1-3H3,(H,39,44)(H2,35,37,38)/t23-,24+,26-,30-,33-,50?/m1/s1. The number of aromatic nitrogens is 4. The summed E-state index contributed by atoms with van der Waals surface area (Å²) in [6, 6.07) is 19.9. The van der Waals surface area contributed by atoms with Gasteiger partial charge in [0.05, 0.1) is 20.3 Å². The van der Waals surface area contributed by atoms with E-state index in [1.165, 1.54) is 18.6 Å². The summed E-state index contributed by atoms with van der Waals surface area (Å²) in [6.07, 6.45) is -3.50. The molecule has 264 valence electrons. The van der Waals surface area contributed by atoms with Crippen LogP contribution < -0.4 is 20.1 Å². The monoisotopic (exact) mass is 818 g/mol. The van der Waals surface area contributed by atoms with E-state index in [9.17, 15) is 19.6 Å². The minimum absolute atomic E-state index is 0.104. The van der Waals surface area contributed by atoms with Crippen molar-refractivity contribution in [1.82, 2.24) is 24.6 Å². The zero-order chi connectivity index (χ0) is 35.6. The first-order valence-electron chi connectivity index (χ1n) is 15.7. The number of hydrogen-bond acceptors (Lipinski definition) is 13. The fraction of sp³-hybridized carbons (Fsp3) is 0.333. The van der Waals surface area contributed by atoms with Gasteiger partial charge in [0.15, 0.2) is 21.2 Å². The highest BCUT2D eigenvalue weighted by molar-refractivity contribution is 14.1. The van der Waals surface area contributed by atoms with Crippen molar-refractivity contribution in [3.63, 3.8) is 0 Å². The summed E-state index contributed by atoms with van der Waals surface area (Å²) in [5.74, 6) is -0.462. The Labute approximate surface area is 300 Å². The fourth-order valence-corrected chi connectivity index (χ4v) is 7.90. The van der Waals surface area contributed by atoms with Gasteiger partial charge >= 0.3 is 13.7 Å². The van der Waals surface area contributed by atoms with Crippen molar-refractivity contribution in [3.8, 4) is 11.6 Å². The average Bonchev–Trinajstić information content (AvgIpc) is 3.55. The Balaban J connectivity index is 1.34. The molecule has 0 aliphatic carbocycles. The van der Waals surface area contributed by atoms with E-state index in [-0.39, 0.29) is 35.3 Å². The Morgan fingerprint density at radius 2 is 1.84 bits per heavy atom. The topological polar surface area (TPSA) is 202 Å². The number of nitrogens with two attached hydrogens (primary N) is 1. The number of rotatable bonds is 13. The number of hydrogen-bond donors (Lipinski definition) is 4. The van der Waals surface area contributed by atoms with Crippen molar-refractivity contribution in [3.05, 3.63) is 82.2 Å². The van der Waals surface area contributed by atoms with Crippen LogP contribution in [0.4, 0.5) is 5.95 Å². The van der Waals surface area contributed by atoms with E-state index in [1.54, 1.807) is 48.5 Å². The van der Waals surface area contributed by atoms with Crippen molar-refractivity contribution in [2.45, 2.75) is 50.3 Å². The van der Waals surface area contributed by atoms with Gasteiger partial charge in [-0.2, -0.15) is 15.1 Å². The van der Waals surface area contributed by atoms with Gasteiger partial charge in [-0.15, -0.1) is 0 Å². The molecule has 6 atom stereocenters. The first kappa shape index (κ1) is 35.9. The Morgan fingerprint density at radius 3 is 2.58 bits per heavy atom. The number of benzene rings is 3. The molecule has 3 aromatic carbocycles. The number of anilines is 1. The minimum atomic E-state index is -4.52. The van der Waals surface area contributed by atoms with Crippen LogP contribution >= 0.6 is 30.3 Å². The number of aliphatic hydroxyl groups is 2. The van der Waals surface area contributed by atoms with E-state index < -0.39 is 50.4 Å². The van der Waals surface area contributed by atoms with Gasteiger partial charge in [0.1, 0.15) is 29.6 Å². The van der Waals surface area contributed by atoms with Gasteiger partial charge in [-0.05, 0) is 30.4 Å². The number of imidazole rings is 1. The molecule has 5 N–H and O–H groups in total. The molecule has 17 heteroatoms. The Hall–Kier alpha value is -3.90. The number of methoxy groups -OCH3 is 1. The molecule has 15 nitrogen and oxygen atoms in total. The van der Waals surface area contributed by atoms with E-state index in [1.807, 2.05) is 53.8 Å². The van der Waals surface area contributed by atoms with Gasteiger partial charge in [0, 0.05) is 28.0 Å². The molecule has 1 fully saturated rings. The van der Waals surface area contributed by atoms with E-state index in [0.717, 1.165) is 5.39 Å². The van der Waals surface area contributed by atoms with Gasteiger partial charge in [0.2, 0.25) is 11.8 Å². The maximum Gasteiger partial charge on any atom is 0.459 e. The molecule has 50 heavy (non-hydrogen) atoms. The average molecular weight is 819 g/mol. The fourth-order valence-electron chi connectivity index (χ4n) is 5.66. The molecular weight excluding hydrogens is 782 g/mol. The third-order valence-corrected chi connectivity index (χ3v) is 10.4. The summed E-state index contributed by atoms with van der Waals surface area (Å²) in [5, 5.41) is 27.2. The first-order valence-corrected chi connectivity index (χ1v) is 18.3. The van der Waals surface area contributed by atoms with E-state index in [2.05, 4.69) is 20.0 Å². The maximum atomic E-state index is 14.8. The smallest absolute Gasteiger partial charge is 0.459 e. The highest BCUT2D eigenvalue weighted by Crippen LogP contribution is 2.50. The molecule has 1 aliphatic rings. The number of esters is 1. The Bertz CT molecular complexity index is 2040. The zero-order valence-electron chi connectivity index (χ0n) is 27.3. The summed E-state index contributed by atoms with van der Waals surface area (Å²) in [6.45, 7) is 2.84. The third-order valence-electron chi connectivity index (χ3n) is 8.15. The molecule has 6 rings (SSSR count). The quantitative estimate of drug-likeness (QED) is 0.0553. The lowest BCUT2D eigenvalue weighted by Crippen LogP contribution is -2.44. The lowest BCUT2D eigenvalue weighted by atomic mass is 9.96. The predicted octanol–water partition coefficient (Wildman–Crippen LogP) is 4.67. The van der Waals surface area contributed by atoms with Crippen LogP contribution in [-0.2, 0) is 23.4 Å². The lowest BCUT2D eigenvalue weighted by Gasteiger charge is -2.28. The summed E-state index contributed by atoms with van der Waals surface area (Å²) in [5.41, 5.74) is 4.90. The van der Waals surface area contributed by atoms with Crippen LogP contribution in [-0.4, -0.2) is 73.8 Å². The normalized spacial score (nSPS) is 22.3. The van der Waals surface area contributed by atoms with Crippen molar-refractivity contribution in [2.75, 3.05) is 26.1 Å². The highest BCUT2D eigenvalue weighted by Gasteiger charge is 2.55. The van der Waals surface area contributed by atoms with Gasteiger partial charge < -0.3 is 34.7 Å². The minimum Gasteiger partial charge on any atom is -0.479 e. The van der Waals surface area contributed by atoms with Crippen LogP contribution in [0.5, 0.6) is 11.6 Å². The van der Waals surface area contributed by atoms with Crippen LogP contribution in [0.3, 0.4) is 0 Å². The molecule has 0 bridgehead atoms. The van der Waals surface area contributed by atoms with Crippen LogP contribution in [0.25, 0.3) is 21.9 Å². The van der Waals surface area contributed by atoms with Crippen molar-refractivity contribution in [2.24, 2.45) is 0 Å². The number of nitrogens with zero attached hydrogens (tertiary/aromatic N) is 4. The number of nitrogens with one attached hydrogen (secondary N) is 1. The molecule has 0 saturated carbocycles. The maximum absolute atomic E-state index is 14.8. The summed E-state index contributed by atoms with van der Waals surface area (Å²) in [4.78, 5) is 26.2. The first-order chi connectivity index (χ1) is 24.0. The van der Waals surface area contributed by atoms with Crippen LogP contribution in [0.2, 0.25) is 0 Å². The van der Waals surface area contributed by atoms with E-state index in [0.29, 0.717) is 21.2 Å². The molecule has 1 aliphatic heterocycles. The Morgan fingerprint density at radius 1 is 1.12 bits per heavy atom. The van der Waals surface area contributed by atoms with Crippen molar-refractivity contribution < 1.29 is 42.8 Å². The lowest BCUT2D eigenvalue weighted by molar-refractivity contribution is -0.146. The molecule has 2 aromatic heterocycles. The number of nitrogen functional groups attached to an aromatic ring is 1. The Kier molecular flexibility index (Phi) is 10.6. The molecular formula is C33H36IN6O9P. The van der Waals surface area contributed by atoms with Gasteiger partial charge in [0.25, 0.3) is 0 Å². The second-order valence-corrected chi connectivity index (χ2v) is 14.4. The zero-order valence-corrected chi connectivity index (χ0v) is 30.4. The molecule has 1 unspecified atom stereocenters. The van der Waals surface area contributed by atoms with Crippen LogP contribution in [0, 0.1) is 3.83 Å². The van der Waals surface area contributed by atoms with Crippen molar-refractivity contribution >= 4 is 64.2 Å². The number of fused-ring (bicyclic) bond motifs is 2. The second kappa shape index (κ2) is 14.8. The molecule has 0 amide bonds. The number of carbonyl (C=O) groups excluding carboxylic acids is 1. The molecule has 0 radical (unpaired) electrons. The molecule has 1 saturated heterocycles. The number of carbonyl (C=O) groups is 1. The van der Waals surface area contributed by atoms with Gasteiger partial charge in [-0.1, -0.05) is 73.7 Å². The third kappa shape index (κ3) is 7.14. The van der Waals surface area contributed by atoms with E-state index in [4.69, 9.17) is 29.0 Å².